The van der Waals surface area contributed by atoms with E-state index in [0.717, 1.165) is 0 Å². The largest absolute Gasteiger partial charge is 0.507 e. The van der Waals surface area contributed by atoms with Crippen LogP contribution in [0.3, 0.4) is 0 Å². The lowest BCUT2D eigenvalue weighted by molar-refractivity contribution is -0.137. The molecule has 2 amide bonds. The van der Waals surface area contributed by atoms with Gasteiger partial charge < -0.3 is 35.1 Å². The number of fused-ring (bicyclic) bond motifs is 1. The molecule has 3 rings (SSSR count). The lowest BCUT2D eigenvalue weighted by Crippen LogP contribution is -2.48. The summed E-state index contributed by atoms with van der Waals surface area (Å²) < 4.78 is 16.2. The smallest absolute Gasteiger partial charge is 0.339 e. The van der Waals surface area contributed by atoms with Gasteiger partial charge in [-0.25, -0.2) is 4.79 Å². The standard InChI is InChI=1S/C21H26BrN5O7S/c1-10(23)20(30)27-4-5-33-21(31)17-12(14(28)6-15(32-3)18(17)22)8-35-9-13(25-16(29)7-27)19-24-11(2)26-34-19/h6,10,13,28H,4-5,7-9,23H2,1-3H3,(H,25,29)/t10-,13+/m1/s1. The fourth-order valence-corrected chi connectivity index (χ4v) is 5.12. The molecule has 2 aromatic rings. The van der Waals surface area contributed by atoms with Crippen LogP contribution in [0.15, 0.2) is 15.1 Å². The number of phenols is 1. The molecular formula is C21H26BrN5O7S. The highest BCUT2D eigenvalue weighted by Crippen LogP contribution is 2.39. The van der Waals surface area contributed by atoms with Crippen LogP contribution < -0.4 is 15.8 Å². The Morgan fingerprint density at radius 3 is 2.83 bits per heavy atom. The summed E-state index contributed by atoms with van der Waals surface area (Å²) in [6.45, 7) is 2.58. The van der Waals surface area contributed by atoms with Gasteiger partial charge in [-0.3, -0.25) is 9.59 Å². The Morgan fingerprint density at radius 1 is 1.46 bits per heavy atom. The van der Waals surface area contributed by atoms with Gasteiger partial charge >= 0.3 is 5.97 Å². The SMILES string of the molecule is COc1cc(O)c2c(c1Br)C(=O)OCCN(C(=O)[C@@H](C)N)CC(=O)N[C@H](c1nc(C)no1)CSC2. The number of methoxy groups -OCH3 is 1. The molecule has 4 N–H and O–H groups in total. The van der Waals surface area contributed by atoms with E-state index in [4.69, 9.17) is 19.7 Å². The van der Waals surface area contributed by atoms with Crippen LogP contribution in [0, 0.1) is 6.92 Å². The van der Waals surface area contributed by atoms with Crippen molar-refractivity contribution in [1.29, 1.82) is 0 Å². The summed E-state index contributed by atoms with van der Waals surface area (Å²) >= 11 is 4.68. The van der Waals surface area contributed by atoms with E-state index >= 15 is 0 Å². The van der Waals surface area contributed by atoms with Crippen molar-refractivity contribution >= 4 is 45.5 Å². The molecule has 0 spiro atoms. The van der Waals surface area contributed by atoms with Gasteiger partial charge in [0, 0.05) is 23.1 Å². The number of esters is 1. The number of benzene rings is 1. The van der Waals surface area contributed by atoms with Crippen LogP contribution in [0.1, 0.15) is 40.6 Å². The monoisotopic (exact) mass is 571 g/mol. The van der Waals surface area contributed by atoms with Gasteiger partial charge in [-0.2, -0.15) is 16.7 Å². The summed E-state index contributed by atoms with van der Waals surface area (Å²) in [6, 6.07) is -0.148. The van der Waals surface area contributed by atoms with Crippen LogP contribution in [0.5, 0.6) is 11.5 Å². The third-order valence-corrected chi connectivity index (χ3v) is 6.93. The fourth-order valence-electron chi connectivity index (χ4n) is 3.36. The van der Waals surface area contributed by atoms with Gasteiger partial charge in [-0.1, -0.05) is 5.16 Å². The van der Waals surface area contributed by atoms with Crippen LogP contribution >= 0.6 is 27.7 Å². The van der Waals surface area contributed by atoms with Gasteiger partial charge in [0.1, 0.15) is 24.1 Å². The van der Waals surface area contributed by atoms with Crippen molar-refractivity contribution < 1.29 is 33.5 Å². The third kappa shape index (κ3) is 6.44. The summed E-state index contributed by atoms with van der Waals surface area (Å²) in [5.41, 5.74) is 6.16. The highest BCUT2D eigenvalue weighted by Gasteiger charge is 2.28. The number of aryl methyl sites for hydroxylation is 1. The maximum absolute atomic E-state index is 13.0. The van der Waals surface area contributed by atoms with Crippen LogP contribution in [0.2, 0.25) is 0 Å². The third-order valence-electron chi connectivity index (χ3n) is 5.08. The number of thioether (sulfide) groups is 1. The first-order chi connectivity index (χ1) is 16.6. The molecule has 35 heavy (non-hydrogen) atoms. The van der Waals surface area contributed by atoms with Crippen molar-refractivity contribution in [3.05, 3.63) is 33.4 Å². The number of nitrogens with one attached hydrogen (secondary N) is 1. The van der Waals surface area contributed by atoms with Crippen molar-refractivity contribution in [3.63, 3.8) is 0 Å². The van der Waals surface area contributed by atoms with Gasteiger partial charge in [0.05, 0.1) is 36.3 Å². The normalized spacial score (nSPS) is 18.7. The number of nitrogens with zero attached hydrogens (tertiary/aromatic N) is 3. The number of hydrogen-bond donors (Lipinski definition) is 3. The van der Waals surface area contributed by atoms with Crippen LogP contribution in [-0.4, -0.2) is 76.5 Å². The molecule has 0 saturated heterocycles. The average molecular weight is 572 g/mol. The molecule has 0 bridgehead atoms. The fraction of sp³-hybridized carbons (Fsp3) is 0.476. The predicted molar refractivity (Wildman–Crippen MR) is 129 cm³/mol. The minimum Gasteiger partial charge on any atom is -0.507 e. The molecular weight excluding hydrogens is 546 g/mol. The number of ether oxygens (including phenoxy) is 2. The van der Waals surface area contributed by atoms with Crippen molar-refractivity contribution in [2.24, 2.45) is 5.73 Å². The van der Waals surface area contributed by atoms with Gasteiger partial charge in [0.2, 0.25) is 17.7 Å². The first-order valence-electron chi connectivity index (χ1n) is 10.6. The summed E-state index contributed by atoms with van der Waals surface area (Å²) in [4.78, 5) is 43.8. The molecule has 1 aliphatic rings. The van der Waals surface area contributed by atoms with E-state index in [1.807, 2.05) is 0 Å². The minimum absolute atomic E-state index is 0.0679. The number of rotatable bonds is 3. The maximum atomic E-state index is 13.0. The van der Waals surface area contributed by atoms with Gasteiger partial charge in [0.15, 0.2) is 5.82 Å². The molecule has 0 aliphatic carbocycles. The zero-order chi connectivity index (χ0) is 25.7. The zero-order valence-electron chi connectivity index (χ0n) is 19.4. The van der Waals surface area contributed by atoms with E-state index in [0.29, 0.717) is 15.9 Å². The highest BCUT2D eigenvalue weighted by molar-refractivity contribution is 9.10. The number of carbonyl (C=O) groups excluding carboxylic acids is 3. The number of halogens is 1. The van der Waals surface area contributed by atoms with Crippen molar-refractivity contribution in [1.82, 2.24) is 20.4 Å². The summed E-state index contributed by atoms with van der Waals surface area (Å²) in [7, 11) is 1.41. The summed E-state index contributed by atoms with van der Waals surface area (Å²) in [5.74, 6) is -0.512. The number of hydrogen-bond acceptors (Lipinski definition) is 11. The Hall–Kier alpha value is -2.84. The molecule has 2 atom stereocenters. The molecule has 1 aromatic heterocycles. The van der Waals surface area contributed by atoms with Crippen LogP contribution in [0.25, 0.3) is 0 Å². The van der Waals surface area contributed by atoms with Gasteiger partial charge in [-0.15, -0.1) is 0 Å². The van der Waals surface area contributed by atoms with Crippen molar-refractivity contribution in [2.75, 3.05) is 32.6 Å². The van der Waals surface area contributed by atoms with E-state index < -0.39 is 29.9 Å². The minimum atomic E-state index is -0.863. The molecule has 0 unspecified atom stereocenters. The second kappa shape index (κ2) is 11.7. The van der Waals surface area contributed by atoms with E-state index in [2.05, 4.69) is 31.4 Å². The van der Waals surface area contributed by atoms with Crippen molar-refractivity contribution in [2.45, 2.75) is 31.7 Å². The number of phenolic OH excluding ortho intramolecular Hbond substituents is 1. The van der Waals surface area contributed by atoms with E-state index in [1.165, 1.54) is 36.8 Å². The van der Waals surface area contributed by atoms with Gasteiger partial charge in [-0.05, 0) is 29.8 Å². The quantitative estimate of drug-likeness (QED) is 0.453. The average Bonchev–Trinajstić information content (AvgIpc) is 3.24. The van der Waals surface area contributed by atoms with Crippen LogP contribution in [0.4, 0.5) is 0 Å². The number of carbonyl (C=O) groups is 3. The van der Waals surface area contributed by atoms with E-state index in [1.54, 1.807) is 6.92 Å². The Morgan fingerprint density at radius 2 is 2.20 bits per heavy atom. The van der Waals surface area contributed by atoms with E-state index in [9.17, 15) is 19.5 Å². The number of aromatic hydroxyl groups is 1. The first-order valence-corrected chi connectivity index (χ1v) is 12.5. The molecule has 12 nitrogen and oxygen atoms in total. The molecule has 190 valence electrons. The Balaban J connectivity index is 1.99. The Labute approximate surface area is 214 Å². The summed E-state index contributed by atoms with van der Waals surface area (Å²) in [6.07, 6.45) is 0. The zero-order valence-corrected chi connectivity index (χ0v) is 21.8. The predicted octanol–water partition coefficient (Wildman–Crippen LogP) is 1.29. The topological polar surface area (TPSA) is 170 Å². The maximum Gasteiger partial charge on any atom is 0.339 e. The molecule has 2 heterocycles. The number of cyclic esters (lactones) is 1. The number of aromatic nitrogens is 2. The van der Waals surface area contributed by atoms with Crippen molar-refractivity contribution in [3.8, 4) is 11.5 Å². The van der Waals surface area contributed by atoms with Gasteiger partial charge in [0.25, 0.3) is 0 Å². The number of nitrogens with two attached hydrogens (primary N) is 1. The molecule has 14 heteroatoms. The molecule has 0 radical (unpaired) electrons. The Bertz CT molecular complexity index is 1110. The molecule has 1 aromatic carbocycles. The lowest BCUT2D eigenvalue weighted by atomic mass is 10.1. The second-order valence-electron chi connectivity index (χ2n) is 7.76. The first kappa shape index (κ1) is 26.8. The highest BCUT2D eigenvalue weighted by atomic mass is 79.9. The molecule has 1 aliphatic heterocycles. The molecule has 0 fully saturated rings. The summed E-state index contributed by atoms with van der Waals surface area (Å²) in [5, 5.41) is 17.2. The Kier molecular flexibility index (Phi) is 8.97. The number of amides is 2. The molecule has 0 saturated carbocycles. The van der Waals surface area contributed by atoms with E-state index in [-0.39, 0.29) is 54.2 Å². The van der Waals surface area contributed by atoms with Crippen LogP contribution in [-0.2, 0) is 20.1 Å². The second-order valence-corrected chi connectivity index (χ2v) is 9.59. The lowest BCUT2D eigenvalue weighted by Gasteiger charge is -2.25.